The predicted octanol–water partition coefficient (Wildman–Crippen LogP) is 3.36. The summed E-state index contributed by atoms with van der Waals surface area (Å²) in [6, 6.07) is 25.3. The van der Waals surface area contributed by atoms with Crippen LogP contribution in [-0.2, 0) is 16.0 Å². The third kappa shape index (κ3) is 7.35. The fourth-order valence-electron chi connectivity index (χ4n) is 3.37. The lowest BCUT2D eigenvalue weighted by Gasteiger charge is -2.22. The van der Waals surface area contributed by atoms with Crippen LogP contribution in [0.4, 0.5) is 5.82 Å². The zero-order valence-corrected chi connectivity index (χ0v) is 17.9. The normalized spacial score (nSPS) is 11.7. The topological polar surface area (TPSA) is 74.3 Å². The highest BCUT2D eigenvalue weighted by Crippen LogP contribution is 2.18. The van der Waals surface area contributed by atoms with E-state index < -0.39 is 0 Å². The maximum Gasteiger partial charge on any atom is 0.239 e. The molecule has 2 aromatic carbocycles. The fraction of sp³-hybridized carbons (Fsp3) is 0.240. The van der Waals surface area contributed by atoms with Crippen molar-refractivity contribution in [1.29, 1.82) is 0 Å². The van der Waals surface area contributed by atoms with Crippen LogP contribution in [0.2, 0.25) is 0 Å². The highest BCUT2D eigenvalue weighted by Gasteiger charge is 2.17. The summed E-state index contributed by atoms with van der Waals surface area (Å²) in [6.45, 7) is 2.08. The molecule has 160 valence electrons. The molecule has 0 radical (unpaired) electrons. The van der Waals surface area contributed by atoms with Gasteiger partial charge in [-0.05, 0) is 43.7 Å². The molecule has 0 aliphatic carbocycles. The Morgan fingerprint density at radius 1 is 0.871 bits per heavy atom. The summed E-state index contributed by atoms with van der Waals surface area (Å²) in [4.78, 5) is 30.9. The van der Waals surface area contributed by atoms with Crippen molar-refractivity contribution in [3.05, 3.63) is 95.7 Å². The van der Waals surface area contributed by atoms with Gasteiger partial charge < -0.3 is 10.6 Å². The van der Waals surface area contributed by atoms with Crippen molar-refractivity contribution in [3.8, 4) is 0 Å². The third-order valence-electron chi connectivity index (χ3n) is 4.80. The average molecular weight is 417 g/mol. The van der Waals surface area contributed by atoms with E-state index in [1.165, 1.54) is 0 Å². The molecule has 1 heterocycles. The van der Waals surface area contributed by atoms with E-state index in [2.05, 4.69) is 27.8 Å². The van der Waals surface area contributed by atoms with Crippen molar-refractivity contribution in [2.24, 2.45) is 0 Å². The molecule has 2 amide bonds. The first-order chi connectivity index (χ1) is 15.0. The first-order valence-corrected chi connectivity index (χ1v) is 10.3. The van der Waals surface area contributed by atoms with E-state index in [0.717, 1.165) is 16.8 Å². The smallest absolute Gasteiger partial charge is 0.239 e. The van der Waals surface area contributed by atoms with Gasteiger partial charge in [0.05, 0.1) is 19.1 Å². The Balaban J connectivity index is 1.56. The van der Waals surface area contributed by atoms with Crippen LogP contribution in [0.25, 0.3) is 0 Å². The minimum atomic E-state index is -0.211. The van der Waals surface area contributed by atoms with Gasteiger partial charge in [-0.25, -0.2) is 4.98 Å². The number of carbonyl (C=O) groups excluding carboxylic acids is 2. The van der Waals surface area contributed by atoms with Crippen molar-refractivity contribution in [1.82, 2.24) is 15.2 Å². The quantitative estimate of drug-likeness (QED) is 0.561. The summed E-state index contributed by atoms with van der Waals surface area (Å²) in [7, 11) is 1.75. The highest BCUT2D eigenvalue weighted by atomic mass is 16.2. The molecule has 0 aliphatic rings. The number of likely N-dealkylation sites (N-methyl/N-ethyl adjacent to an activating group) is 1. The van der Waals surface area contributed by atoms with Crippen molar-refractivity contribution in [2.45, 2.75) is 19.4 Å². The lowest BCUT2D eigenvalue weighted by molar-refractivity contribution is -0.123. The summed E-state index contributed by atoms with van der Waals surface area (Å²) in [6.07, 6.45) is 0.694. The molecule has 0 saturated carbocycles. The monoisotopic (exact) mass is 416 g/mol. The maximum absolute atomic E-state index is 12.7. The van der Waals surface area contributed by atoms with Crippen molar-refractivity contribution in [3.63, 3.8) is 0 Å². The molecule has 31 heavy (non-hydrogen) atoms. The molecule has 3 aromatic rings. The number of aromatic nitrogens is 1. The van der Waals surface area contributed by atoms with Gasteiger partial charge in [0, 0.05) is 5.69 Å². The zero-order valence-electron chi connectivity index (χ0n) is 17.9. The number of hydrogen-bond acceptors (Lipinski definition) is 4. The van der Waals surface area contributed by atoms with Crippen LogP contribution in [0.15, 0.2) is 78.9 Å². The fourth-order valence-corrected chi connectivity index (χ4v) is 3.37. The molecule has 0 bridgehead atoms. The van der Waals surface area contributed by atoms with Crippen molar-refractivity contribution in [2.75, 3.05) is 25.5 Å². The van der Waals surface area contributed by atoms with E-state index in [1.807, 2.05) is 67.6 Å². The third-order valence-corrected chi connectivity index (χ3v) is 4.80. The van der Waals surface area contributed by atoms with Gasteiger partial charge in [0.25, 0.3) is 0 Å². The molecule has 3 rings (SSSR count). The largest absolute Gasteiger partial charge is 0.348 e. The summed E-state index contributed by atoms with van der Waals surface area (Å²) >= 11 is 0. The standard InChI is InChI=1S/C25H28N4O2/c1-19-10-9-15-23(26-19)28-25(31)18-29(2)17-24(30)27-22(21-13-7-4-8-14-21)16-20-11-5-3-6-12-20/h3-15,22H,16-18H2,1-2H3,(H,27,30)(H,26,28,31). The van der Waals surface area contributed by atoms with E-state index in [-0.39, 0.29) is 30.9 Å². The van der Waals surface area contributed by atoms with Gasteiger partial charge in [0.15, 0.2) is 0 Å². The van der Waals surface area contributed by atoms with Crippen molar-refractivity contribution < 1.29 is 9.59 Å². The van der Waals surface area contributed by atoms with Crippen LogP contribution in [0.1, 0.15) is 22.9 Å². The predicted molar refractivity (Wildman–Crippen MR) is 123 cm³/mol. The summed E-state index contributed by atoms with van der Waals surface area (Å²) < 4.78 is 0. The Morgan fingerprint density at radius 3 is 2.19 bits per heavy atom. The molecular formula is C25H28N4O2. The first kappa shape index (κ1) is 22.2. The van der Waals surface area contributed by atoms with Crippen LogP contribution in [-0.4, -0.2) is 41.8 Å². The van der Waals surface area contributed by atoms with E-state index in [9.17, 15) is 9.59 Å². The Hall–Kier alpha value is -3.51. The summed E-state index contributed by atoms with van der Waals surface area (Å²) in [5.41, 5.74) is 3.02. The molecule has 1 atom stereocenters. The summed E-state index contributed by atoms with van der Waals surface area (Å²) in [5.74, 6) is 0.168. The molecule has 0 saturated heterocycles. The number of nitrogens with zero attached hydrogens (tertiary/aromatic N) is 2. The van der Waals surface area contributed by atoms with E-state index in [0.29, 0.717) is 12.2 Å². The minimum absolute atomic E-state index is 0.0950. The van der Waals surface area contributed by atoms with Gasteiger partial charge in [-0.15, -0.1) is 0 Å². The Morgan fingerprint density at radius 2 is 1.52 bits per heavy atom. The van der Waals surface area contributed by atoms with Gasteiger partial charge in [0.1, 0.15) is 5.82 Å². The van der Waals surface area contributed by atoms with Gasteiger partial charge >= 0.3 is 0 Å². The molecule has 6 nitrogen and oxygen atoms in total. The van der Waals surface area contributed by atoms with Gasteiger partial charge in [-0.2, -0.15) is 0 Å². The van der Waals surface area contributed by atoms with Crippen LogP contribution in [0.3, 0.4) is 0 Å². The van der Waals surface area contributed by atoms with E-state index in [4.69, 9.17) is 0 Å². The minimum Gasteiger partial charge on any atom is -0.348 e. The number of pyridine rings is 1. The second-order valence-corrected chi connectivity index (χ2v) is 7.61. The molecule has 0 aliphatic heterocycles. The molecule has 1 unspecified atom stereocenters. The lowest BCUT2D eigenvalue weighted by Crippen LogP contribution is -2.40. The SMILES string of the molecule is Cc1cccc(NC(=O)CN(C)CC(=O)NC(Cc2ccccc2)c2ccccc2)n1. The highest BCUT2D eigenvalue weighted by molar-refractivity contribution is 5.91. The van der Waals surface area contributed by atoms with E-state index in [1.54, 1.807) is 18.0 Å². The van der Waals surface area contributed by atoms with Crippen LogP contribution in [0, 0.1) is 6.92 Å². The Bertz CT molecular complexity index is 993. The average Bonchev–Trinajstić information content (AvgIpc) is 2.74. The zero-order chi connectivity index (χ0) is 22.1. The molecule has 6 heteroatoms. The van der Waals surface area contributed by atoms with Crippen molar-refractivity contribution >= 4 is 17.6 Å². The van der Waals surface area contributed by atoms with Gasteiger partial charge in [0.2, 0.25) is 11.8 Å². The number of hydrogen-bond donors (Lipinski definition) is 2. The Labute approximate surface area is 183 Å². The van der Waals surface area contributed by atoms with Gasteiger partial charge in [-0.1, -0.05) is 66.7 Å². The lowest BCUT2D eigenvalue weighted by atomic mass is 9.99. The summed E-state index contributed by atoms with van der Waals surface area (Å²) in [5, 5.41) is 5.88. The number of aryl methyl sites for hydroxylation is 1. The number of nitrogens with one attached hydrogen (secondary N) is 2. The second-order valence-electron chi connectivity index (χ2n) is 7.61. The molecular weight excluding hydrogens is 388 g/mol. The molecule has 0 fully saturated rings. The second kappa shape index (κ2) is 11.0. The van der Waals surface area contributed by atoms with Crippen LogP contribution >= 0.6 is 0 Å². The number of amides is 2. The Kier molecular flexibility index (Phi) is 7.90. The van der Waals surface area contributed by atoms with Crippen LogP contribution < -0.4 is 10.6 Å². The number of rotatable bonds is 9. The first-order valence-electron chi connectivity index (χ1n) is 10.3. The molecule has 0 spiro atoms. The molecule has 1 aromatic heterocycles. The maximum atomic E-state index is 12.7. The number of anilines is 1. The van der Waals surface area contributed by atoms with Crippen LogP contribution in [0.5, 0.6) is 0 Å². The van der Waals surface area contributed by atoms with Gasteiger partial charge in [-0.3, -0.25) is 14.5 Å². The number of carbonyl (C=O) groups is 2. The molecule has 2 N–H and O–H groups in total. The van der Waals surface area contributed by atoms with E-state index >= 15 is 0 Å². The number of benzene rings is 2.